The molecule has 2 amide bonds. The van der Waals surface area contributed by atoms with Gasteiger partial charge in [-0.3, -0.25) is 0 Å². The fourth-order valence-corrected chi connectivity index (χ4v) is 4.52. The molecule has 0 saturated heterocycles. The summed E-state index contributed by atoms with van der Waals surface area (Å²) in [5, 5.41) is 2.13. The lowest BCUT2D eigenvalue weighted by molar-refractivity contribution is -0.195. The molecule has 2 aliphatic heterocycles. The molecule has 0 unspecified atom stereocenters. The maximum absolute atomic E-state index is 14.0. The number of carbonyl (C=O) groups excluding carboxylic acids is 1. The van der Waals surface area contributed by atoms with Crippen molar-refractivity contribution in [1.29, 1.82) is 0 Å². The third-order valence-electron chi connectivity index (χ3n) is 4.38. The molecule has 1 N–H and O–H groups in total. The van der Waals surface area contributed by atoms with Crippen molar-refractivity contribution in [3.05, 3.63) is 59.2 Å². The van der Waals surface area contributed by atoms with Gasteiger partial charge in [-0.25, -0.2) is 14.7 Å². The highest BCUT2D eigenvalue weighted by atomic mass is 32.2. The number of anilines is 1. The van der Waals surface area contributed by atoms with Gasteiger partial charge in [0.1, 0.15) is 0 Å². The zero-order valence-corrected chi connectivity index (χ0v) is 14.7. The van der Waals surface area contributed by atoms with Gasteiger partial charge in [-0.05, 0) is 42.8 Å². The van der Waals surface area contributed by atoms with E-state index in [1.54, 1.807) is 6.07 Å². The molecule has 2 aromatic carbocycles. The highest BCUT2D eigenvalue weighted by Gasteiger charge is 2.61. The molecule has 0 bridgehead atoms. The Hall–Kier alpha value is -2.48. The van der Waals surface area contributed by atoms with Crippen molar-refractivity contribution >= 4 is 28.6 Å². The van der Waals surface area contributed by atoms with Crippen LogP contribution in [0, 0.1) is 13.8 Å². The molecule has 0 aromatic heterocycles. The maximum atomic E-state index is 14.0. The van der Waals surface area contributed by atoms with E-state index in [0.29, 0.717) is 5.69 Å². The van der Waals surface area contributed by atoms with E-state index in [1.165, 1.54) is 29.2 Å². The molecule has 0 spiro atoms. The summed E-state index contributed by atoms with van der Waals surface area (Å²) in [5.41, 5.74) is -0.556. The van der Waals surface area contributed by atoms with Gasteiger partial charge in [0.2, 0.25) is 0 Å². The first-order valence-corrected chi connectivity index (χ1v) is 8.68. The number of amides is 2. The van der Waals surface area contributed by atoms with Crippen LogP contribution in [0.1, 0.15) is 16.7 Å². The zero-order chi connectivity index (χ0) is 18.7. The highest BCUT2D eigenvalue weighted by molar-refractivity contribution is 8.15. The molecule has 2 aromatic rings. The molecular weight excluding hydrogens is 363 g/mol. The molecule has 4 rings (SSSR count). The van der Waals surface area contributed by atoms with Gasteiger partial charge >= 0.3 is 12.2 Å². The summed E-state index contributed by atoms with van der Waals surface area (Å²) < 4.78 is 42.1. The summed E-state index contributed by atoms with van der Waals surface area (Å²) in [4.78, 5) is 18.7. The lowest BCUT2D eigenvalue weighted by Gasteiger charge is -2.38. The number of thioether (sulfide) groups is 1. The minimum absolute atomic E-state index is 0.0265. The van der Waals surface area contributed by atoms with Crippen molar-refractivity contribution in [2.24, 2.45) is 4.99 Å². The number of benzene rings is 2. The van der Waals surface area contributed by atoms with Gasteiger partial charge in [0.15, 0.2) is 5.17 Å². The van der Waals surface area contributed by atoms with Crippen molar-refractivity contribution in [2.45, 2.75) is 30.6 Å². The maximum Gasteiger partial charge on any atom is 0.436 e. The smallest absolute Gasteiger partial charge is 0.301 e. The van der Waals surface area contributed by atoms with E-state index in [1.807, 2.05) is 26.0 Å². The third-order valence-corrected chi connectivity index (χ3v) is 5.37. The van der Waals surface area contributed by atoms with E-state index in [0.717, 1.165) is 27.8 Å². The first-order chi connectivity index (χ1) is 12.2. The van der Waals surface area contributed by atoms with Crippen molar-refractivity contribution in [2.75, 3.05) is 4.90 Å². The van der Waals surface area contributed by atoms with Crippen LogP contribution in [-0.2, 0) is 5.66 Å². The second-order valence-electron chi connectivity index (χ2n) is 6.26. The summed E-state index contributed by atoms with van der Waals surface area (Å²) in [5.74, 6) is 0. The molecule has 0 aliphatic carbocycles. The molecule has 2 aliphatic rings. The summed E-state index contributed by atoms with van der Waals surface area (Å²) >= 11 is 1.08. The van der Waals surface area contributed by atoms with Gasteiger partial charge in [-0.2, -0.15) is 13.2 Å². The topological polar surface area (TPSA) is 44.7 Å². The van der Waals surface area contributed by atoms with Gasteiger partial charge in [0.05, 0.1) is 5.69 Å². The molecule has 134 valence electrons. The molecule has 0 saturated carbocycles. The molecule has 0 fully saturated rings. The van der Waals surface area contributed by atoms with Crippen molar-refractivity contribution in [3.8, 4) is 0 Å². The third kappa shape index (κ3) is 2.32. The average molecular weight is 377 g/mol. The minimum Gasteiger partial charge on any atom is -0.301 e. The van der Waals surface area contributed by atoms with Crippen LogP contribution in [0.25, 0.3) is 0 Å². The number of hydrogen-bond acceptors (Lipinski definition) is 3. The van der Waals surface area contributed by atoms with Gasteiger partial charge in [-0.1, -0.05) is 36.4 Å². The minimum atomic E-state index is -4.79. The van der Waals surface area contributed by atoms with Crippen LogP contribution >= 0.6 is 11.8 Å². The predicted molar refractivity (Wildman–Crippen MR) is 94.4 cm³/mol. The van der Waals surface area contributed by atoms with Crippen molar-refractivity contribution < 1.29 is 18.0 Å². The Balaban J connectivity index is 1.92. The van der Waals surface area contributed by atoms with Crippen LogP contribution in [0.5, 0.6) is 0 Å². The summed E-state index contributed by atoms with van der Waals surface area (Å²) in [6.45, 7) is 3.72. The number of nitrogens with zero attached hydrogens (tertiary/aromatic N) is 2. The quantitative estimate of drug-likeness (QED) is 0.782. The Bertz CT molecular complexity index is 943. The van der Waals surface area contributed by atoms with E-state index < -0.39 is 17.9 Å². The Kier molecular flexibility index (Phi) is 3.59. The molecule has 26 heavy (non-hydrogen) atoms. The molecular formula is C18H14F3N3OS. The van der Waals surface area contributed by atoms with E-state index in [2.05, 4.69) is 10.3 Å². The first-order valence-electron chi connectivity index (χ1n) is 7.86. The number of rotatable bonds is 1. The van der Waals surface area contributed by atoms with Gasteiger partial charge in [0, 0.05) is 10.5 Å². The second kappa shape index (κ2) is 5.51. The summed E-state index contributed by atoms with van der Waals surface area (Å²) in [7, 11) is 0. The van der Waals surface area contributed by atoms with E-state index in [4.69, 9.17) is 0 Å². The van der Waals surface area contributed by atoms with E-state index in [9.17, 15) is 18.0 Å². The molecule has 4 nitrogen and oxygen atoms in total. The van der Waals surface area contributed by atoms with Gasteiger partial charge in [-0.15, -0.1) is 0 Å². The van der Waals surface area contributed by atoms with Crippen molar-refractivity contribution in [3.63, 3.8) is 0 Å². The number of carbonyl (C=O) groups is 1. The standard InChI is InChI=1S/C18H14F3N3OS/c1-10-8-11(2)14-13(9-10)26-16-23-17(18(19,20)21,22-15(25)24(14)16)12-6-4-3-5-7-12/h3-9H,1-2H3,(H,22,25)/t17-/m0/s1. The normalized spacial score (nSPS) is 21.8. The number of nitrogens with one attached hydrogen (secondary N) is 1. The van der Waals surface area contributed by atoms with Crippen LogP contribution in [0.15, 0.2) is 52.4 Å². The SMILES string of the molecule is Cc1cc(C)c2c(c1)SC1=N[C@@](c3ccccc3)(C(F)(F)F)NC(=O)N12. The number of amidine groups is 1. The largest absolute Gasteiger partial charge is 0.436 e. The lowest BCUT2D eigenvalue weighted by Crippen LogP contribution is -2.62. The number of urea groups is 1. The van der Waals surface area contributed by atoms with Gasteiger partial charge in [0.25, 0.3) is 5.66 Å². The Morgan fingerprint density at radius 3 is 2.50 bits per heavy atom. The van der Waals surface area contributed by atoms with Gasteiger partial charge < -0.3 is 5.32 Å². The summed E-state index contributed by atoms with van der Waals surface area (Å²) in [6.07, 6.45) is -4.79. The average Bonchev–Trinajstić information content (AvgIpc) is 2.93. The van der Waals surface area contributed by atoms with Crippen LogP contribution in [-0.4, -0.2) is 17.4 Å². The first kappa shape index (κ1) is 17.0. The summed E-state index contributed by atoms with van der Waals surface area (Å²) in [6, 6.07) is 10.1. The highest BCUT2D eigenvalue weighted by Crippen LogP contribution is 2.49. The fraction of sp³-hybridized carbons (Fsp3) is 0.222. The van der Waals surface area contributed by atoms with Crippen molar-refractivity contribution in [1.82, 2.24) is 5.32 Å². The number of fused-ring (bicyclic) bond motifs is 3. The molecule has 0 radical (unpaired) electrons. The Labute approximate surface area is 152 Å². The number of aryl methyl sites for hydroxylation is 2. The second-order valence-corrected chi connectivity index (χ2v) is 7.27. The molecule has 2 heterocycles. The monoisotopic (exact) mass is 377 g/mol. The number of hydrogen-bond donors (Lipinski definition) is 1. The fourth-order valence-electron chi connectivity index (χ4n) is 3.28. The lowest BCUT2D eigenvalue weighted by atomic mass is 9.98. The molecule has 8 heteroatoms. The van der Waals surface area contributed by atoms with Crippen LogP contribution < -0.4 is 10.2 Å². The van der Waals surface area contributed by atoms with Crippen LogP contribution in [0.2, 0.25) is 0 Å². The number of alkyl halides is 3. The van der Waals surface area contributed by atoms with Crippen LogP contribution in [0.4, 0.5) is 23.7 Å². The Morgan fingerprint density at radius 1 is 1.15 bits per heavy atom. The zero-order valence-electron chi connectivity index (χ0n) is 13.9. The Morgan fingerprint density at radius 2 is 1.85 bits per heavy atom. The molecule has 1 atom stereocenters. The van der Waals surface area contributed by atoms with Crippen LogP contribution in [0.3, 0.4) is 0 Å². The van der Waals surface area contributed by atoms with E-state index >= 15 is 0 Å². The predicted octanol–water partition coefficient (Wildman–Crippen LogP) is 4.71. The van der Waals surface area contributed by atoms with E-state index in [-0.39, 0.29) is 10.7 Å². The number of aliphatic imine (C=N–C) groups is 1. The number of halogens is 3.